The first-order chi connectivity index (χ1) is 10.8. The third kappa shape index (κ3) is 11.1. The van der Waals surface area contributed by atoms with Gasteiger partial charge in [-0.15, -0.1) is 0 Å². The van der Waals surface area contributed by atoms with Gasteiger partial charge in [-0.3, -0.25) is 4.79 Å². The number of carbonyl (C=O) groups is 1. The van der Waals surface area contributed by atoms with Crippen LogP contribution in [0.15, 0.2) is 0 Å². The molecule has 0 bridgehead atoms. The predicted octanol–water partition coefficient (Wildman–Crippen LogP) is 6.42. The summed E-state index contributed by atoms with van der Waals surface area (Å²) < 4.78 is 5.38. The Balaban J connectivity index is 1.79. The van der Waals surface area contributed by atoms with E-state index < -0.39 is 0 Å². The van der Waals surface area contributed by atoms with Gasteiger partial charge in [0.15, 0.2) is 0 Å². The summed E-state index contributed by atoms with van der Waals surface area (Å²) in [6.45, 7) is 2.91. The van der Waals surface area contributed by atoms with Gasteiger partial charge in [-0.2, -0.15) is 0 Å². The highest BCUT2D eigenvalue weighted by Crippen LogP contribution is 2.26. The van der Waals surface area contributed by atoms with E-state index in [0.717, 1.165) is 6.42 Å². The Hall–Kier alpha value is -0.530. The van der Waals surface area contributed by atoms with Crippen LogP contribution in [-0.4, -0.2) is 12.6 Å². The molecule has 0 spiro atoms. The van der Waals surface area contributed by atoms with Crippen molar-refractivity contribution in [2.75, 3.05) is 6.61 Å². The first kappa shape index (κ1) is 19.5. The van der Waals surface area contributed by atoms with Crippen LogP contribution in [0, 0.1) is 5.92 Å². The van der Waals surface area contributed by atoms with Crippen LogP contribution in [0.5, 0.6) is 0 Å². The second-order valence-electron chi connectivity index (χ2n) is 7.11. The number of unbranched alkanes of at least 4 members (excludes halogenated alkanes) is 9. The molecule has 0 saturated heterocycles. The maximum Gasteiger partial charge on any atom is 0.306 e. The standard InChI is InChI=1S/C20H38O2/c1-2-3-4-5-6-7-8-9-10-14-17-22-20(21)18-19-15-12-11-13-16-19/h19H,2-18H2,1H3. The van der Waals surface area contributed by atoms with Crippen LogP contribution in [0.4, 0.5) is 0 Å². The minimum absolute atomic E-state index is 0.0443. The van der Waals surface area contributed by atoms with Gasteiger partial charge in [0.2, 0.25) is 0 Å². The van der Waals surface area contributed by atoms with Gasteiger partial charge >= 0.3 is 5.97 Å². The molecule has 0 heterocycles. The zero-order chi connectivity index (χ0) is 15.9. The third-order valence-corrected chi connectivity index (χ3v) is 4.94. The molecule has 1 aliphatic carbocycles. The number of hydrogen-bond acceptors (Lipinski definition) is 2. The molecule has 22 heavy (non-hydrogen) atoms. The molecule has 1 rings (SSSR count). The van der Waals surface area contributed by atoms with E-state index >= 15 is 0 Å². The Bertz CT molecular complexity index is 256. The molecular formula is C20H38O2. The normalized spacial score (nSPS) is 15.9. The van der Waals surface area contributed by atoms with Crippen LogP contribution < -0.4 is 0 Å². The Morgan fingerprint density at radius 3 is 1.95 bits per heavy atom. The van der Waals surface area contributed by atoms with Gasteiger partial charge < -0.3 is 4.74 Å². The van der Waals surface area contributed by atoms with Crippen molar-refractivity contribution in [3.05, 3.63) is 0 Å². The zero-order valence-electron chi connectivity index (χ0n) is 14.9. The molecule has 0 aliphatic heterocycles. The molecule has 0 atom stereocenters. The van der Waals surface area contributed by atoms with Crippen molar-refractivity contribution in [2.45, 2.75) is 110 Å². The van der Waals surface area contributed by atoms with Gasteiger partial charge in [-0.25, -0.2) is 0 Å². The van der Waals surface area contributed by atoms with Gasteiger partial charge in [0.05, 0.1) is 6.61 Å². The third-order valence-electron chi connectivity index (χ3n) is 4.94. The molecule has 0 N–H and O–H groups in total. The summed E-state index contributed by atoms with van der Waals surface area (Å²) in [5.41, 5.74) is 0. The Kier molecular flexibility index (Phi) is 12.5. The summed E-state index contributed by atoms with van der Waals surface area (Å²) in [6, 6.07) is 0. The average molecular weight is 311 g/mol. The van der Waals surface area contributed by atoms with Crippen LogP contribution in [-0.2, 0) is 9.53 Å². The molecule has 0 amide bonds. The van der Waals surface area contributed by atoms with Crippen molar-refractivity contribution in [1.82, 2.24) is 0 Å². The molecule has 0 radical (unpaired) electrons. The molecule has 1 aliphatic rings. The molecular weight excluding hydrogens is 272 g/mol. The van der Waals surface area contributed by atoms with Crippen LogP contribution in [0.25, 0.3) is 0 Å². The van der Waals surface area contributed by atoms with Gasteiger partial charge in [-0.1, -0.05) is 84.0 Å². The fourth-order valence-corrected chi connectivity index (χ4v) is 3.46. The van der Waals surface area contributed by atoms with Crippen molar-refractivity contribution in [3.8, 4) is 0 Å². The lowest BCUT2D eigenvalue weighted by molar-refractivity contribution is -0.145. The van der Waals surface area contributed by atoms with Crippen molar-refractivity contribution in [2.24, 2.45) is 5.92 Å². The van der Waals surface area contributed by atoms with Crippen LogP contribution in [0.2, 0.25) is 0 Å². The SMILES string of the molecule is CCCCCCCCCCCCOC(=O)CC1CCCCC1. The second kappa shape index (κ2) is 14.1. The quantitative estimate of drug-likeness (QED) is 0.290. The largest absolute Gasteiger partial charge is 0.466 e. The molecule has 0 aromatic rings. The summed E-state index contributed by atoms with van der Waals surface area (Å²) in [5.74, 6) is 0.650. The number of rotatable bonds is 13. The predicted molar refractivity (Wildman–Crippen MR) is 94.0 cm³/mol. The minimum Gasteiger partial charge on any atom is -0.466 e. The molecule has 2 heteroatoms. The van der Waals surface area contributed by atoms with Crippen molar-refractivity contribution in [1.29, 1.82) is 0 Å². The van der Waals surface area contributed by atoms with Gasteiger partial charge in [0.1, 0.15) is 0 Å². The van der Waals surface area contributed by atoms with Crippen molar-refractivity contribution in [3.63, 3.8) is 0 Å². The van der Waals surface area contributed by atoms with E-state index in [1.807, 2.05) is 0 Å². The average Bonchev–Trinajstić information content (AvgIpc) is 2.53. The summed E-state index contributed by atoms with van der Waals surface area (Å²) >= 11 is 0. The highest BCUT2D eigenvalue weighted by atomic mass is 16.5. The Morgan fingerprint density at radius 2 is 1.36 bits per heavy atom. The molecule has 1 fully saturated rings. The zero-order valence-corrected chi connectivity index (χ0v) is 14.9. The first-order valence-electron chi connectivity index (χ1n) is 9.98. The lowest BCUT2D eigenvalue weighted by Crippen LogP contribution is -2.14. The van der Waals surface area contributed by atoms with Crippen molar-refractivity contribution >= 4 is 5.97 Å². The van der Waals surface area contributed by atoms with Crippen LogP contribution >= 0.6 is 0 Å². The van der Waals surface area contributed by atoms with Gasteiger partial charge in [-0.05, 0) is 25.2 Å². The number of esters is 1. The Morgan fingerprint density at radius 1 is 0.818 bits per heavy atom. The fraction of sp³-hybridized carbons (Fsp3) is 0.950. The minimum atomic E-state index is 0.0443. The summed E-state index contributed by atoms with van der Waals surface area (Å²) in [7, 11) is 0. The molecule has 130 valence electrons. The monoisotopic (exact) mass is 310 g/mol. The van der Waals surface area contributed by atoms with Crippen LogP contribution in [0.1, 0.15) is 110 Å². The molecule has 1 saturated carbocycles. The lowest BCUT2D eigenvalue weighted by Gasteiger charge is -2.20. The van der Waals surface area contributed by atoms with Gasteiger partial charge in [0, 0.05) is 6.42 Å². The summed E-state index contributed by atoms with van der Waals surface area (Å²) in [5, 5.41) is 0. The first-order valence-corrected chi connectivity index (χ1v) is 9.98. The highest BCUT2D eigenvalue weighted by Gasteiger charge is 2.17. The molecule has 0 unspecified atom stereocenters. The van der Waals surface area contributed by atoms with Crippen LogP contribution in [0.3, 0.4) is 0 Å². The van der Waals surface area contributed by atoms with E-state index in [4.69, 9.17) is 4.74 Å². The highest BCUT2D eigenvalue weighted by molar-refractivity contribution is 5.69. The van der Waals surface area contributed by atoms with Crippen molar-refractivity contribution < 1.29 is 9.53 Å². The van der Waals surface area contributed by atoms with Gasteiger partial charge in [0.25, 0.3) is 0 Å². The molecule has 0 aromatic heterocycles. The number of ether oxygens (including phenoxy) is 1. The molecule has 0 aromatic carbocycles. The van der Waals surface area contributed by atoms with E-state index in [1.54, 1.807) is 0 Å². The lowest BCUT2D eigenvalue weighted by atomic mass is 9.87. The maximum atomic E-state index is 11.7. The second-order valence-corrected chi connectivity index (χ2v) is 7.11. The van der Waals surface area contributed by atoms with E-state index in [1.165, 1.54) is 89.9 Å². The smallest absolute Gasteiger partial charge is 0.306 e. The van der Waals surface area contributed by atoms with E-state index in [2.05, 4.69) is 6.92 Å². The number of carbonyl (C=O) groups excluding carboxylic acids is 1. The summed E-state index contributed by atoms with van der Waals surface area (Å²) in [6.07, 6.45) is 20.3. The topological polar surface area (TPSA) is 26.3 Å². The van der Waals surface area contributed by atoms with E-state index in [-0.39, 0.29) is 5.97 Å². The van der Waals surface area contributed by atoms with E-state index in [9.17, 15) is 4.79 Å². The summed E-state index contributed by atoms with van der Waals surface area (Å²) in [4.78, 5) is 11.7. The molecule has 2 nitrogen and oxygen atoms in total. The fourth-order valence-electron chi connectivity index (χ4n) is 3.46. The maximum absolute atomic E-state index is 11.7. The Labute approximate surface area is 138 Å². The van der Waals surface area contributed by atoms with E-state index in [0.29, 0.717) is 18.9 Å². The number of hydrogen-bond donors (Lipinski definition) is 0.